The quantitative estimate of drug-likeness (QED) is 0.759. The van der Waals surface area contributed by atoms with Crippen LogP contribution in [-0.2, 0) is 22.7 Å². The molecule has 2 aliphatic heterocycles. The van der Waals surface area contributed by atoms with E-state index in [9.17, 15) is 21.6 Å². The van der Waals surface area contributed by atoms with Gasteiger partial charge >= 0.3 is 6.18 Å². The van der Waals surface area contributed by atoms with E-state index < -0.39 is 21.8 Å². The van der Waals surface area contributed by atoms with Gasteiger partial charge < -0.3 is 0 Å². The predicted molar refractivity (Wildman–Crippen MR) is 88.3 cm³/mol. The predicted octanol–water partition coefficient (Wildman–Crippen LogP) is 0.901. The third kappa shape index (κ3) is 3.56. The van der Waals surface area contributed by atoms with Crippen molar-refractivity contribution in [2.24, 2.45) is 0 Å². The molecule has 0 amide bonds. The average Bonchev–Trinajstić information content (AvgIpc) is 3.19. The largest absolute Gasteiger partial charge is 0.416 e. The summed E-state index contributed by atoms with van der Waals surface area (Å²) in [5, 5.41) is 11.4. The Balaban J connectivity index is 1.52. The minimum atomic E-state index is -4.45. The van der Waals surface area contributed by atoms with E-state index in [0.717, 1.165) is 12.1 Å². The maximum absolute atomic E-state index is 12.9. The van der Waals surface area contributed by atoms with Crippen molar-refractivity contribution in [3.8, 4) is 5.69 Å². The first-order valence-corrected chi connectivity index (χ1v) is 10.0. The highest BCUT2D eigenvalue weighted by atomic mass is 32.2. The molecule has 2 aromatic rings. The molecule has 1 aromatic heterocycles. The minimum Gasteiger partial charge on any atom is -0.293 e. The Morgan fingerprint density at radius 3 is 2.81 bits per heavy atom. The van der Waals surface area contributed by atoms with Crippen molar-refractivity contribution in [1.82, 2.24) is 29.4 Å². The highest BCUT2D eigenvalue weighted by Crippen LogP contribution is 2.30. The van der Waals surface area contributed by atoms with E-state index in [0.29, 0.717) is 38.4 Å². The summed E-state index contributed by atoms with van der Waals surface area (Å²) in [5.74, 6) is 0.566. The van der Waals surface area contributed by atoms with Gasteiger partial charge in [-0.05, 0) is 35.0 Å². The van der Waals surface area contributed by atoms with Crippen LogP contribution in [0.3, 0.4) is 0 Å². The van der Waals surface area contributed by atoms with Crippen molar-refractivity contribution in [2.45, 2.75) is 25.2 Å². The fourth-order valence-electron chi connectivity index (χ4n) is 3.57. The number of rotatable bonds is 3. The highest BCUT2D eigenvalue weighted by Gasteiger charge is 2.41. The molecule has 0 radical (unpaired) electrons. The summed E-state index contributed by atoms with van der Waals surface area (Å²) >= 11 is 0. The molecule has 1 unspecified atom stereocenters. The standard InChI is InChI=1S/C15H17F3N6O2S/c16-15(17,18)11-2-1-3-12(8-11)24-14(19-20-21-24)10-22-5-6-23-13(9-22)4-7-27(23,25)26/h1-3,8,13H,4-7,9-10H2. The molecular formula is C15H17F3N6O2S. The van der Waals surface area contributed by atoms with Crippen molar-refractivity contribution in [2.75, 3.05) is 25.4 Å². The Hall–Kier alpha value is -2.05. The molecule has 0 N–H and O–H groups in total. The van der Waals surface area contributed by atoms with E-state index in [1.807, 2.05) is 4.90 Å². The lowest BCUT2D eigenvalue weighted by Gasteiger charge is -2.35. The monoisotopic (exact) mass is 402 g/mol. The van der Waals surface area contributed by atoms with E-state index in [4.69, 9.17) is 0 Å². The number of nitrogens with zero attached hydrogens (tertiary/aromatic N) is 6. The number of benzene rings is 1. The van der Waals surface area contributed by atoms with Crippen LogP contribution >= 0.6 is 0 Å². The van der Waals surface area contributed by atoms with Crippen LogP contribution in [0.2, 0.25) is 0 Å². The van der Waals surface area contributed by atoms with Gasteiger partial charge in [-0.15, -0.1) is 5.10 Å². The Kier molecular flexibility index (Phi) is 4.43. The fraction of sp³-hybridized carbons (Fsp3) is 0.533. The molecular weight excluding hydrogens is 385 g/mol. The third-order valence-corrected chi connectivity index (χ3v) is 6.84. The van der Waals surface area contributed by atoms with Gasteiger partial charge in [-0.3, -0.25) is 4.90 Å². The molecule has 12 heteroatoms. The van der Waals surface area contributed by atoms with Crippen molar-refractivity contribution in [1.29, 1.82) is 0 Å². The summed E-state index contributed by atoms with van der Waals surface area (Å²) in [7, 11) is -3.15. The molecule has 0 bridgehead atoms. The van der Waals surface area contributed by atoms with Crippen molar-refractivity contribution < 1.29 is 21.6 Å². The SMILES string of the molecule is O=S1(=O)CCC2CN(Cc3nnnn3-c3cccc(C(F)(F)F)c3)CCN21. The van der Waals surface area contributed by atoms with E-state index in [2.05, 4.69) is 15.5 Å². The van der Waals surface area contributed by atoms with Gasteiger partial charge in [0.15, 0.2) is 5.82 Å². The number of hydrogen-bond acceptors (Lipinski definition) is 6. The molecule has 4 rings (SSSR count). The first-order chi connectivity index (χ1) is 12.7. The number of halogens is 3. The molecule has 0 aliphatic carbocycles. The second-order valence-electron chi connectivity index (χ2n) is 6.66. The molecule has 1 aromatic carbocycles. The Labute approximate surface area is 153 Å². The second-order valence-corrected chi connectivity index (χ2v) is 8.70. The average molecular weight is 402 g/mol. The Morgan fingerprint density at radius 2 is 2.04 bits per heavy atom. The van der Waals surface area contributed by atoms with Crippen molar-refractivity contribution in [3.05, 3.63) is 35.7 Å². The second kappa shape index (κ2) is 6.53. The van der Waals surface area contributed by atoms with Crippen LogP contribution in [0.1, 0.15) is 17.8 Å². The number of hydrogen-bond donors (Lipinski definition) is 0. The summed E-state index contributed by atoms with van der Waals surface area (Å²) in [4.78, 5) is 2.03. The minimum absolute atomic E-state index is 0.0679. The highest BCUT2D eigenvalue weighted by molar-refractivity contribution is 7.89. The molecule has 1 atom stereocenters. The lowest BCUT2D eigenvalue weighted by Crippen LogP contribution is -2.51. The van der Waals surface area contributed by atoms with Gasteiger partial charge in [-0.2, -0.15) is 22.2 Å². The molecule has 2 fully saturated rings. The molecule has 2 saturated heterocycles. The topological polar surface area (TPSA) is 84.2 Å². The zero-order valence-electron chi connectivity index (χ0n) is 14.2. The maximum Gasteiger partial charge on any atom is 0.416 e. The molecule has 146 valence electrons. The van der Waals surface area contributed by atoms with E-state index in [-0.39, 0.29) is 17.5 Å². The normalized spacial score (nSPS) is 23.4. The molecule has 3 heterocycles. The van der Waals surface area contributed by atoms with E-state index in [1.165, 1.54) is 16.8 Å². The van der Waals surface area contributed by atoms with Gasteiger partial charge in [0.2, 0.25) is 10.0 Å². The number of alkyl halides is 3. The van der Waals surface area contributed by atoms with Crippen LogP contribution < -0.4 is 0 Å². The third-order valence-electron chi connectivity index (χ3n) is 4.90. The van der Waals surface area contributed by atoms with Gasteiger partial charge in [0.05, 0.1) is 23.5 Å². The van der Waals surface area contributed by atoms with Gasteiger partial charge in [0.1, 0.15) is 0 Å². The fourth-order valence-corrected chi connectivity index (χ4v) is 5.36. The number of sulfonamides is 1. The lowest BCUT2D eigenvalue weighted by atomic mass is 10.1. The summed E-state index contributed by atoms with van der Waals surface area (Å²) in [6.07, 6.45) is -3.87. The summed E-state index contributed by atoms with van der Waals surface area (Å²) < 4.78 is 65.6. The summed E-state index contributed by atoms with van der Waals surface area (Å²) in [6.45, 7) is 1.80. The van der Waals surface area contributed by atoms with E-state index in [1.54, 1.807) is 4.31 Å². The molecule has 0 spiro atoms. The smallest absolute Gasteiger partial charge is 0.293 e. The number of aromatic nitrogens is 4. The molecule has 27 heavy (non-hydrogen) atoms. The zero-order chi connectivity index (χ0) is 19.2. The lowest BCUT2D eigenvalue weighted by molar-refractivity contribution is -0.137. The summed E-state index contributed by atoms with van der Waals surface area (Å²) in [6, 6.07) is 4.75. The van der Waals surface area contributed by atoms with Crippen LogP contribution in [-0.4, -0.2) is 69.3 Å². The van der Waals surface area contributed by atoms with Gasteiger partial charge in [-0.1, -0.05) is 6.07 Å². The van der Waals surface area contributed by atoms with Gasteiger partial charge in [-0.25, -0.2) is 8.42 Å². The summed E-state index contributed by atoms with van der Waals surface area (Å²) in [5.41, 5.74) is -0.543. The van der Waals surface area contributed by atoms with Gasteiger partial charge in [0.25, 0.3) is 0 Å². The zero-order valence-corrected chi connectivity index (χ0v) is 15.0. The van der Waals surface area contributed by atoms with Crippen molar-refractivity contribution in [3.63, 3.8) is 0 Å². The Bertz CT molecular complexity index is 945. The number of fused-ring (bicyclic) bond motifs is 1. The molecule has 0 saturated carbocycles. The number of tetrazole rings is 1. The van der Waals surface area contributed by atoms with Crippen LogP contribution in [0.25, 0.3) is 5.69 Å². The van der Waals surface area contributed by atoms with Crippen LogP contribution in [0.5, 0.6) is 0 Å². The maximum atomic E-state index is 12.9. The molecule has 8 nitrogen and oxygen atoms in total. The first-order valence-electron chi connectivity index (χ1n) is 8.41. The van der Waals surface area contributed by atoms with Crippen LogP contribution in [0.15, 0.2) is 24.3 Å². The van der Waals surface area contributed by atoms with E-state index >= 15 is 0 Å². The van der Waals surface area contributed by atoms with Crippen LogP contribution in [0, 0.1) is 0 Å². The van der Waals surface area contributed by atoms with Crippen molar-refractivity contribution >= 4 is 10.0 Å². The Morgan fingerprint density at radius 1 is 1.22 bits per heavy atom. The number of piperazine rings is 1. The van der Waals surface area contributed by atoms with Crippen LogP contribution in [0.4, 0.5) is 13.2 Å². The van der Waals surface area contributed by atoms with Gasteiger partial charge in [0, 0.05) is 25.7 Å². The first kappa shape index (κ1) is 18.3. The molecule has 2 aliphatic rings.